The van der Waals surface area contributed by atoms with Gasteiger partial charge in [-0.2, -0.15) is 0 Å². The van der Waals surface area contributed by atoms with Crippen molar-refractivity contribution in [1.29, 1.82) is 0 Å². The summed E-state index contributed by atoms with van der Waals surface area (Å²) in [6.45, 7) is 3.81. The molecule has 3 N–H and O–H groups in total. The highest BCUT2D eigenvalue weighted by atomic mass is 16.2. The molecule has 1 aliphatic rings. The summed E-state index contributed by atoms with van der Waals surface area (Å²) in [5, 5.41) is 1.16. The number of benzene rings is 1. The smallest absolute Gasteiger partial charge is 0.231 e. The molecular formula is C19H26N4O2. The first kappa shape index (κ1) is 17.5. The summed E-state index contributed by atoms with van der Waals surface area (Å²) in [5.74, 6) is -0.125. The van der Waals surface area contributed by atoms with Gasteiger partial charge in [0.25, 0.3) is 0 Å². The van der Waals surface area contributed by atoms with Crippen LogP contribution in [0.2, 0.25) is 0 Å². The van der Waals surface area contributed by atoms with Crippen LogP contribution in [0.15, 0.2) is 30.3 Å². The minimum atomic E-state index is -0.311. The van der Waals surface area contributed by atoms with E-state index in [1.165, 1.54) is 0 Å². The SMILES string of the molecule is CC(c1cc2ccccc2[nH]1)N(C)C(=O)C1CCN(CC(N)=O)CC1. The van der Waals surface area contributed by atoms with Crippen LogP contribution in [-0.4, -0.2) is 53.3 Å². The molecule has 0 aliphatic carbocycles. The van der Waals surface area contributed by atoms with E-state index in [2.05, 4.69) is 17.1 Å². The van der Waals surface area contributed by atoms with Crippen LogP contribution in [0.4, 0.5) is 0 Å². The van der Waals surface area contributed by atoms with Gasteiger partial charge in [-0.1, -0.05) is 18.2 Å². The molecule has 1 aliphatic heterocycles. The van der Waals surface area contributed by atoms with Gasteiger partial charge in [0.2, 0.25) is 11.8 Å². The highest BCUT2D eigenvalue weighted by Gasteiger charge is 2.30. The van der Waals surface area contributed by atoms with Gasteiger partial charge in [-0.05, 0) is 50.4 Å². The van der Waals surface area contributed by atoms with E-state index in [9.17, 15) is 9.59 Å². The summed E-state index contributed by atoms with van der Waals surface area (Å²) in [5.41, 5.74) is 7.38. The highest BCUT2D eigenvalue weighted by molar-refractivity contribution is 5.82. The maximum Gasteiger partial charge on any atom is 0.231 e. The van der Waals surface area contributed by atoms with E-state index in [-0.39, 0.29) is 30.3 Å². The molecule has 2 aromatic rings. The molecular weight excluding hydrogens is 316 g/mol. The average Bonchev–Trinajstić information content (AvgIpc) is 3.04. The lowest BCUT2D eigenvalue weighted by Crippen LogP contribution is -2.44. The standard InChI is InChI=1S/C19H26N4O2/c1-13(17-11-15-5-3-4-6-16(15)21-17)22(2)19(25)14-7-9-23(10-8-14)12-18(20)24/h3-6,11,13-14,21H,7-10,12H2,1-2H3,(H2,20,24). The second-order valence-electron chi connectivity index (χ2n) is 6.95. The first-order valence-corrected chi connectivity index (χ1v) is 8.80. The molecule has 1 aromatic heterocycles. The number of hydrogen-bond donors (Lipinski definition) is 2. The van der Waals surface area contributed by atoms with Crippen LogP contribution < -0.4 is 5.73 Å². The van der Waals surface area contributed by atoms with Crippen molar-refractivity contribution >= 4 is 22.7 Å². The van der Waals surface area contributed by atoms with Gasteiger partial charge in [-0.15, -0.1) is 0 Å². The molecule has 0 bridgehead atoms. The molecule has 6 nitrogen and oxygen atoms in total. The number of para-hydroxylation sites is 1. The molecule has 6 heteroatoms. The Morgan fingerprint density at radius 2 is 2.00 bits per heavy atom. The van der Waals surface area contributed by atoms with Crippen molar-refractivity contribution in [2.24, 2.45) is 11.7 Å². The van der Waals surface area contributed by atoms with Crippen LogP contribution in [0, 0.1) is 5.92 Å². The number of carbonyl (C=O) groups excluding carboxylic acids is 2. The molecule has 1 unspecified atom stereocenters. The van der Waals surface area contributed by atoms with E-state index < -0.39 is 0 Å². The van der Waals surface area contributed by atoms with Crippen molar-refractivity contribution in [1.82, 2.24) is 14.8 Å². The Hall–Kier alpha value is -2.34. The Kier molecular flexibility index (Phi) is 5.08. The van der Waals surface area contributed by atoms with Crippen LogP contribution >= 0.6 is 0 Å². The Balaban J connectivity index is 1.63. The van der Waals surface area contributed by atoms with Crippen LogP contribution in [0.3, 0.4) is 0 Å². The number of nitrogens with zero attached hydrogens (tertiary/aromatic N) is 2. The van der Waals surface area contributed by atoms with Gasteiger partial charge in [0, 0.05) is 24.2 Å². The molecule has 134 valence electrons. The number of H-pyrrole nitrogens is 1. The van der Waals surface area contributed by atoms with Gasteiger partial charge >= 0.3 is 0 Å². The molecule has 2 heterocycles. The van der Waals surface area contributed by atoms with E-state index in [1.54, 1.807) is 0 Å². The summed E-state index contributed by atoms with van der Waals surface area (Å²) >= 11 is 0. The van der Waals surface area contributed by atoms with Gasteiger partial charge in [0.05, 0.1) is 12.6 Å². The summed E-state index contributed by atoms with van der Waals surface area (Å²) in [6.07, 6.45) is 1.55. The van der Waals surface area contributed by atoms with E-state index in [4.69, 9.17) is 5.73 Å². The number of likely N-dealkylation sites (tertiary alicyclic amines) is 1. The molecule has 25 heavy (non-hydrogen) atoms. The number of amides is 2. The quantitative estimate of drug-likeness (QED) is 0.870. The number of nitrogens with two attached hydrogens (primary N) is 1. The monoisotopic (exact) mass is 342 g/mol. The lowest BCUT2D eigenvalue weighted by atomic mass is 9.94. The summed E-state index contributed by atoms with van der Waals surface area (Å²) < 4.78 is 0. The molecule has 2 amide bonds. The molecule has 1 saturated heterocycles. The van der Waals surface area contributed by atoms with Gasteiger partial charge in [-0.25, -0.2) is 0 Å². The van der Waals surface area contributed by atoms with Crippen LogP contribution in [0.25, 0.3) is 10.9 Å². The van der Waals surface area contributed by atoms with Crippen LogP contribution in [0.1, 0.15) is 31.5 Å². The highest BCUT2D eigenvalue weighted by Crippen LogP contribution is 2.26. The second-order valence-corrected chi connectivity index (χ2v) is 6.95. The topological polar surface area (TPSA) is 82.4 Å². The normalized spacial score (nSPS) is 17.5. The van der Waals surface area contributed by atoms with Crippen LogP contribution in [-0.2, 0) is 9.59 Å². The lowest BCUT2D eigenvalue weighted by molar-refractivity contribution is -0.137. The minimum absolute atomic E-state index is 0.0106. The van der Waals surface area contributed by atoms with Crippen molar-refractivity contribution in [3.63, 3.8) is 0 Å². The molecule has 1 aromatic carbocycles. The minimum Gasteiger partial charge on any atom is -0.369 e. The van der Waals surface area contributed by atoms with E-state index >= 15 is 0 Å². The number of hydrogen-bond acceptors (Lipinski definition) is 3. The number of piperidine rings is 1. The van der Waals surface area contributed by atoms with E-state index in [0.29, 0.717) is 0 Å². The number of fused-ring (bicyclic) bond motifs is 1. The molecule has 0 radical (unpaired) electrons. The molecule has 3 rings (SSSR count). The largest absolute Gasteiger partial charge is 0.369 e. The molecule has 0 spiro atoms. The molecule has 1 fully saturated rings. The predicted molar refractivity (Wildman–Crippen MR) is 97.8 cm³/mol. The zero-order chi connectivity index (χ0) is 18.0. The molecule has 1 atom stereocenters. The van der Waals surface area contributed by atoms with Gasteiger partial charge < -0.3 is 15.6 Å². The van der Waals surface area contributed by atoms with Crippen molar-refractivity contribution in [3.05, 3.63) is 36.0 Å². The second kappa shape index (κ2) is 7.27. The Bertz CT molecular complexity index is 729. The van der Waals surface area contributed by atoms with Gasteiger partial charge in [0.1, 0.15) is 0 Å². The Labute approximate surface area is 148 Å². The fourth-order valence-corrected chi connectivity index (χ4v) is 3.57. The maximum absolute atomic E-state index is 12.9. The van der Waals surface area contributed by atoms with Crippen molar-refractivity contribution < 1.29 is 9.59 Å². The number of aromatic amines is 1. The third-order valence-electron chi connectivity index (χ3n) is 5.25. The summed E-state index contributed by atoms with van der Waals surface area (Å²) in [6, 6.07) is 10.2. The van der Waals surface area contributed by atoms with Crippen molar-refractivity contribution in [2.75, 3.05) is 26.7 Å². The number of carbonyl (C=O) groups is 2. The average molecular weight is 342 g/mol. The third-order valence-corrected chi connectivity index (χ3v) is 5.25. The lowest BCUT2D eigenvalue weighted by Gasteiger charge is -2.34. The third kappa shape index (κ3) is 3.85. The Morgan fingerprint density at radius 1 is 1.32 bits per heavy atom. The van der Waals surface area contributed by atoms with E-state index in [1.807, 2.05) is 42.0 Å². The Morgan fingerprint density at radius 3 is 2.64 bits per heavy atom. The summed E-state index contributed by atoms with van der Waals surface area (Å²) in [7, 11) is 1.87. The fourth-order valence-electron chi connectivity index (χ4n) is 3.57. The molecule has 0 saturated carbocycles. The maximum atomic E-state index is 12.9. The number of rotatable bonds is 5. The van der Waals surface area contributed by atoms with E-state index in [0.717, 1.165) is 42.5 Å². The van der Waals surface area contributed by atoms with Crippen molar-refractivity contribution in [3.8, 4) is 0 Å². The summed E-state index contributed by atoms with van der Waals surface area (Å²) in [4.78, 5) is 31.1. The van der Waals surface area contributed by atoms with Gasteiger partial charge in [0.15, 0.2) is 0 Å². The number of aromatic nitrogens is 1. The zero-order valence-corrected chi connectivity index (χ0v) is 14.9. The zero-order valence-electron chi connectivity index (χ0n) is 14.9. The van der Waals surface area contributed by atoms with Crippen molar-refractivity contribution in [2.45, 2.75) is 25.8 Å². The number of primary amides is 1. The first-order valence-electron chi connectivity index (χ1n) is 8.80. The first-order chi connectivity index (χ1) is 12.0. The fraction of sp³-hybridized carbons (Fsp3) is 0.474. The van der Waals surface area contributed by atoms with Crippen LogP contribution in [0.5, 0.6) is 0 Å². The predicted octanol–water partition coefficient (Wildman–Crippen LogP) is 1.88. The number of nitrogens with one attached hydrogen (secondary N) is 1. The van der Waals surface area contributed by atoms with Gasteiger partial charge in [-0.3, -0.25) is 14.5 Å².